The normalized spacial score (nSPS) is 14.6. The van der Waals surface area contributed by atoms with E-state index in [9.17, 15) is 26.0 Å². The molecule has 2 heterocycles. The first kappa shape index (κ1) is 26.7. The van der Waals surface area contributed by atoms with Crippen molar-refractivity contribution in [2.24, 2.45) is 11.8 Å². The van der Waals surface area contributed by atoms with Crippen LogP contribution in [0.5, 0.6) is 0 Å². The number of halogens is 3. The molecule has 0 saturated carbocycles. The van der Waals surface area contributed by atoms with Gasteiger partial charge in [0.25, 0.3) is 5.56 Å². The van der Waals surface area contributed by atoms with E-state index in [1.807, 2.05) is 0 Å². The molecule has 0 unspecified atom stereocenters. The summed E-state index contributed by atoms with van der Waals surface area (Å²) in [6.07, 6.45) is 1.46. The summed E-state index contributed by atoms with van der Waals surface area (Å²) in [4.78, 5) is 13.0. The van der Waals surface area contributed by atoms with Crippen LogP contribution in [0, 0.1) is 23.5 Å². The minimum absolute atomic E-state index is 0.0415. The summed E-state index contributed by atoms with van der Waals surface area (Å²) in [7, 11) is -9.15. The van der Waals surface area contributed by atoms with Crippen molar-refractivity contribution in [2.75, 3.05) is 15.2 Å². The van der Waals surface area contributed by atoms with Gasteiger partial charge in [-0.3, -0.25) is 9.48 Å². The minimum Gasteiger partial charge on any atom is -0.271 e. The first-order chi connectivity index (χ1) is 15.7. The third-order valence-electron chi connectivity index (χ3n) is 5.26. The Morgan fingerprint density at radius 3 is 1.88 bits per heavy atom. The van der Waals surface area contributed by atoms with Gasteiger partial charge in [0.2, 0.25) is 20.0 Å². The van der Waals surface area contributed by atoms with Crippen molar-refractivity contribution >= 4 is 37.3 Å². The van der Waals surface area contributed by atoms with Gasteiger partial charge in [-0.15, -0.1) is 0 Å². The van der Waals surface area contributed by atoms with Crippen molar-refractivity contribution in [3.63, 3.8) is 0 Å². The van der Waals surface area contributed by atoms with Crippen molar-refractivity contribution in [3.05, 3.63) is 39.3 Å². The Morgan fingerprint density at radius 2 is 1.41 bits per heavy atom. The second-order valence-corrected chi connectivity index (χ2v) is 13.6. The number of benzene rings is 1. The minimum atomic E-state index is -4.57. The molecule has 0 bridgehead atoms. The second-order valence-electron chi connectivity index (χ2n) is 9.25. The standard InChI is InChI=1S/C21H28ClF2N3O5S2/c1-13(2)11-33(29,30)27(34(31,32)12-14(3)4)18-9-15(16(23)10-17(18)24)19-20(22)25-7-5-6-8-26(25)21(19)28/h9-10,13-14H,5-8,11-12H2,1-4H3. The summed E-state index contributed by atoms with van der Waals surface area (Å²) in [5, 5.41) is -0.0808. The van der Waals surface area contributed by atoms with Crippen molar-refractivity contribution < 1.29 is 25.6 Å². The molecule has 13 heteroatoms. The molecular weight excluding hydrogens is 512 g/mol. The molecule has 2 aromatic rings. The van der Waals surface area contributed by atoms with Crippen LogP contribution in [0.1, 0.15) is 40.5 Å². The Morgan fingerprint density at radius 1 is 0.912 bits per heavy atom. The van der Waals surface area contributed by atoms with Crippen molar-refractivity contribution in [3.8, 4) is 11.1 Å². The molecule has 0 spiro atoms. The van der Waals surface area contributed by atoms with Crippen LogP contribution >= 0.6 is 11.6 Å². The van der Waals surface area contributed by atoms with Gasteiger partial charge in [-0.2, -0.15) is 3.71 Å². The molecule has 0 amide bonds. The topological polar surface area (TPSA) is 98.4 Å². The fraction of sp³-hybridized carbons (Fsp3) is 0.571. The predicted octanol–water partition coefficient (Wildman–Crippen LogP) is 3.82. The van der Waals surface area contributed by atoms with Crippen LogP contribution < -0.4 is 9.27 Å². The fourth-order valence-corrected chi connectivity index (χ4v) is 9.01. The van der Waals surface area contributed by atoms with Gasteiger partial charge in [0.15, 0.2) is 5.82 Å². The number of hydrogen-bond acceptors (Lipinski definition) is 5. The number of aromatic nitrogens is 2. The second kappa shape index (κ2) is 9.62. The molecule has 190 valence electrons. The molecule has 8 nitrogen and oxygen atoms in total. The van der Waals surface area contributed by atoms with Gasteiger partial charge >= 0.3 is 0 Å². The van der Waals surface area contributed by atoms with Crippen LogP contribution in [-0.4, -0.2) is 37.7 Å². The van der Waals surface area contributed by atoms with E-state index in [0.717, 1.165) is 12.5 Å². The summed E-state index contributed by atoms with van der Waals surface area (Å²) in [6, 6.07) is 1.13. The maximum Gasteiger partial charge on any atom is 0.276 e. The zero-order valence-corrected chi connectivity index (χ0v) is 21.8. The highest BCUT2D eigenvalue weighted by Gasteiger charge is 2.38. The Labute approximate surface area is 203 Å². The molecule has 0 fully saturated rings. The van der Waals surface area contributed by atoms with Gasteiger partial charge in [-0.1, -0.05) is 39.3 Å². The van der Waals surface area contributed by atoms with Crippen LogP contribution in [0.4, 0.5) is 14.5 Å². The fourth-order valence-electron chi connectivity index (χ4n) is 4.07. The zero-order chi connectivity index (χ0) is 25.6. The van der Waals surface area contributed by atoms with Gasteiger partial charge in [0.1, 0.15) is 16.7 Å². The largest absolute Gasteiger partial charge is 0.276 e. The average molecular weight is 540 g/mol. The molecule has 0 radical (unpaired) electrons. The van der Waals surface area contributed by atoms with E-state index in [-0.39, 0.29) is 14.4 Å². The number of rotatable bonds is 8. The maximum absolute atomic E-state index is 15.0. The molecule has 34 heavy (non-hydrogen) atoms. The first-order valence-electron chi connectivity index (χ1n) is 10.9. The molecule has 1 aromatic heterocycles. The molecule has 1 aliphatic rings. The number of nitrogens with zero attached hydrogens (tertiary/aromatic N) is 3. The van der Waals surface area contributed by atoms with Crippen LogP contribution in [0.3, 0.4) is 0 Å². The van der Waals surface area contributed by atoms with E-state index in [1.54, 1.807) is 27.7 Å². The molecule has 1 aromatic carbocycles. The third-order valence-corrected chi connectivity index (χ3v) is 10.6. The number of sulfonamides is 2. The van der Waals surface area contributed by atoms with E-state index < -0.39 is 71.8 Å². The predicted molar refractivity (Wildman–Crippen MR) is 128 cm³/mol. The van der Waals surface area contributed by atoms with Crippen LogP contribution in [0.25, 0.3) is 11.1 Å². The van der Waals surface area contributed by atoms with E-state index in [0.29, 0.717) is 25.6 Å². The Bertz CT molecular complexity index is 1330. The Balaban J connectivity index is 2.31. The van der Waals surface area contributed by atoms with Crippen LogP contribution in [-0.2, 0) is 33.1 Å². The Hall–Kier alpha value is -1.92. The molecule has 3 rings (SSSR count). The summed E-state index contributed by atoms with van der Waals surface area (Å²) < 4.78 is 85.4. The summed E-state index contributed by atoms with van der Waals surface area (Å²) >= 11 is 6.37. The smallest absolute Gasteiger partial charge is 0.271 e. The summed E-state index contributed by atoms with van der Waals surface area (Å²) in [5.41, 5.74) is -2.24. The maximum atomic E-state index is 15.0. The van der Waals surface area contributed by atoms with E-state index >= 15 is 4.39 Å². The van der Waals surface area contributed by atoms with E-state index in [1.165, 1.54) is 9.36 Å². The van der Waals surface area contributed by atoms with E-state index in [4.69, 9.17) is 11.6 Å². The third kappa shape index (κ3) is 5.03. The number of fused-ring (bicyclic) bond motifs is 1. The van der Waals surface area contributed by atoms with Gasteiger partial charge < -0.3 is 0 Å². The lowest BCUT2D eigenvalue weighted by molar-refractivity contribution is 0.356. The lowest BCUT2D eigenvalue weighted by Crippen LogP contribution is -2.42. The zero-order valence-electron chi connectivity index (χ0n) is 19.4. The molecule has 1 aliphatic heterocycles. The van der Waals surface area contributed by atoms with Gasteiger partial charge in [-0.05, 0) is 30.7 Å². The highest BCUT2D eigenvalue weighted by Crippen LogP contribution is 2.36. The lowest BCUT2D eigenvalue weighted by atomic mass is 10.1. The highest BCUT2D eigenvalue weighted by molar-refractivity contribution is 8.10. The molecule has 0 saturated heterocycles. The quantitative estimate of drug-likeness (QED) is 0.508. The summed E-state index contributed by atoms with van der Waals surface area (Å²) in [5.74, 6) is -4.66. The molecule has 0 aliphatic carbocycles. The molecule has 0 N–H and O–H groups in total. The van der Waals surface area contributed by atoms with Crippen molar-refractivity contribution in [1.82, 2.24) is 9.36 Å². The lowest BCUT2D eigenvalue weighted by Gasteiger charge is -2.26. The monoisotopic (exact) mass is 539 g/mol. The average Bonchev–Trinajstić information content (AvgIpc) is 2.92. The van der Waals surface area contributed by atoms with Crippen LogP contribution in [0.2, 0.25) is 5.15 Å². The highest BCUT2D eigenvalue weighted by atomic mass is 35.5. The van der Waals surface area contributed by atoms with Crippen molar-refractivity contribution in [2.45, 2.75) is 53.6 Å². The molecular formula is C21H28ClF2N3O5S2. The van der Waals surface area contributed by atoms with Gasteiger partial charge in [0.05, 0.1) is 17.1 Å². The SMILES string of the molecule is CC(C)CS(=O)(=O)N(c1cc(-c2c(Cl)n3n(c2=O)CCCC3)c(F)cc1F)S(=O)(=O)CC(C)C. The van der Waals surface area contributed by atoms with Gasteiger partial charge in [0, 0.05) is 24.7 Å². The Kier molecular flexibility index (Phi) is 7.55. The van der Waals surface area contributed by atoms with Gasteiger partial charge in [-0.25, -0.2) is 30.3 Å². The van der Waals surface area contributed by atoms with E-state index in [2.05, 4.69) is 0 Å². The molecule has 0 atom stereocenters. The number of hydrogen-bond donors (Lipinski definition) is 0. The number of anilines is 1. The van der Waals surface area contributed by atoms with Crippen LogP contribution in [0.15, 0.2) is 16.9 Å². The van der Waals surface area contributed by atoms with Crippen molar-refractivity contribution in [1.29, 1.82) is 0 Å². The summed E-state index contributed by atoms with van der Waals surface area (Å²) in [6.45, 7) is 7.06. The first-order valence-corrected chi connectivity index (χ1v) is 14.5.